The molecule has 1 aromatic heterocycles. The number of aromatic amines is 1. The van der Waals surface area contributed by atoms with E-state index in [2.05, 4.69) is 24.9 Å². The molecule has 0 radical (unpaired) electrons. The van der Waals surface area contributed by atoms with Crippen molar-refractivity contribution < 1.29 is 9.47 Å². The van der Waals surface area contributed by atoms with Crippen LogP contribution in [0.2, 0.25) is 0 Å². The van der Waals surface area contributed by atoms with Crippen LogP contribution in [0.1, 0.15) is 45.1 Å². The van der Waals surface area contributed by atoms with Crippen LogP contribution >= 0.6 is 0 Å². The zero-order valence-corrected chi connectivity index (χ0v) is 16.0. The number of unbranched alkanes of at least 4 members (excludes halogenated alkanes) is 2. The lowest BCUT2D eigenvalue weighted by Gasteiger charge is -2.06. The molecule has 0 saturated carbocycles. The van der Waals surface area contributed by atoms with Crippen LogP contribution < -0.4 is 9.47 Å². The van der Waals surface area contributed by atoms with Crippen LogP contribution in [0.25, 0.3) is 22.2 Å². The molecule has 0 aliphatic heterocycles. The first kappa shape index (κ1) is 18.8. The summed E-state index contributed by atoms with van der Waals surface area (Å²) in [5.41, 5.74) is 3.38. The van der Waals surface area contributed by atoms with Gasteiger partial charge < -0.3 is 14.5 Å². The van der Waals surface area contributed by atoms with Gasteiger partial charge in [-0.05, 0) is 60.9 Å². The quantitative estimate of drug-likeness (QED) is 0.470. The summed E-state index contributed by atoms with van der Waals surface area (Å²) in [4.78, 5) is 3.38. The minimum Gasteiger partial charge on any atom is -0.494 e. The van der Waals surface area contributed by atoms with E-state index in [-0.39, 0.29) is 0 Å². The molecule has 3 rings (SSSR count). The van der Waals surface area contributed by atoms with Crippen LogP contribution in [0.5, 0.6) is 11.5 Å². The van der Waals surface area contributed by atoms with Crippen molar-refractivity contribution in [1.82, 2.24) is 4.98 Å². The van der Waals surface area contributed by atoms with Gasteiger partial charge in [0.2, 0.25) is 0 Å². The monoisotopic (exact) mass is 362 g/mol. The summed E-state index contributed by atoms with van der Waals surface area (Å²) in [6, 6.07) is 16.1. The third kappa shape index (κ3) is 4.43. The Balaban J connectivity index is 1.86. The first-order chi connectivity index (χ1) is 13.3. The van der Waals surface area contributed by atoms with E-state index in [1.807, 2.05) is 42.5 Å². The number of hydrogen-bond acceptors (Lipinski definition) is 3. The molecule has 0 amide bonds. The molecule has 0 aliphatic rings. The largest absolute Gasteiger partial charge is 0.494 e. The second kappa shape index (κ2) is 9.14. The minimum atomic E-state index is 0.644. The Kier molecular flexibility index (Phi) is 6.38. The minimum absolute atomic E-state index is 0.644. The fourth-order valence-corrected chi connectivity index (χ4v) is 2.98. The maximum Gasteiger partial charge on any atom is 0.120 e. The van der Waals surface area contributed by atoms with Crippen LogP contribution in [-0.2, 0) is 0 Å². The van der Waals surface area contributed by atoms with E-state index in [1.165, 1.54) is 0 Å². The van der Waals surface area contributed by atoms with Gasteiger partial charge in [-0.3, -0.25) is 0 Å². The average Bonchev–Trinajstić information content (AvgIpc) is 3.07. The number of nitriles is 1. The maximum atomic E-state index is 9.73. The third-order valence-corrected chi connectivity index (χ3v) is 4.56. The van der Waals surface area contributed by atoms with E-state index in [9.17, 15) is 5.26 Å². The Morgan fingerprint density at radius 3 is 2.15 bits per heavy atom. The van der Waals surface area contributed by atoms with E-state index < -0.39 is 0 Å². The molecule has 140 valence electrons. The highest BCUT2D eigenvalue weighted by Gasteiger charge is 2.14. The Labute approximate surface area is 160 Å². The van der Waals surface area contributed by atoms with E-state index in [4.69, 9.17) is 9.47 Å². The van der Waals surface area contributed by atoms with Gasteiger partial charge in [0.1, 0.15) is 17.6 Å². The van der Waals surface area contributed by atoms with Gasteiger partial charge in [-0.15, -0.1) is 0 Å². The molecular formula is C23H26N2O2. The number of aromatic nitrogens is 1. The number of fused-ring (bicyclic) bond motifs is 1. The molecule has 1 heterocycles. The lowest BCUT2D eigenvalue weighted by Crippen LogP contribution is -1.96. The van der Waals surface area contributed by atoms with Crippen molar-refractivity contribution >= 4 is 10.9 Å². The smallest absolute Gasteiger partial charge is 0.120 e. The molecule has 0 saturated heterocycles. The first-order valence-electron chi connectivity index (χ1n) is 9.68. The maximum absolute atomic E-state index is 9.73. The normalized spacial score (nSPS) is 10.7. The van der Waals surface area contributed by atoms with E-state index >= 15 is 0 Å². The summed E-state index contributed by atoms with van der Waals surface area (Å²) < 4.78 is 11.5. The Morgan fingerprint density at radius 2 is 1.52 bits per heavy atom. The zero-order valence-electron chi connectivity index (χ0n) is 16.0. The van der Waals surface area contributed by atoms with Crippen molar-refractivity contribution in [2.45, 2.75) is 39.5 Å². The van der Waals surface area contributed by atoms with Gasteiger partial charge in [-0.2, -0.15) is 5.26 Å². The molecule has 1 N–H and O–H groups in total. The van der Waals surface area contributed by atoms with E-state index in [0.29, 0.717) is 12.2 Å². The summed E-state index contributed by atoms with van der Waals surface area (Å²) in [5, 5.41) is 10.6. The number of rotatable bonds is 9. The van der Waals surface area contributed by atoms with Gasteiger partial charge in [0.05, 0.1) is 24.5 Å². The molecule has 0 atom stereocenters. The highest BCUT2D eigenvalue weighted by atomic mass is 16.5. The molecule has 4 nitrogen and oxygen atoms in total. The average molecular weight is 362 g/mol. The summed E-state index contributed by atoms with van der Waals surface area (Å²) >= 11 is 0. The van der Waals surface area contributed by atoms with Crippen molar-refractivity contribution in [2.75, 3.05) is 13.2 Å². The first-order valence-corrected chi connectivity index (χ1v) is 9.68. The highest BCUT2D eigenvalue weighted by molar-refractivity contribution is 5.94. The van der Waals surface area contributed by atoms with Crippen molar-refractivity contribution in [3.8, 4) is 28.8 Å². The van der Waals surface area contributed by atoms with Crippen LogP contribution in [0.4, 0.5) is 0 Å². The molecule has 4 heteroatoms. The van der Waals surface area contributed by atoms with Gasteiger partial charge in [-0.25, -0.2) is 0 Å². The second-order valence-electron chi connectivity index (χ2n) is 6.62. The number of nitrogens with one attached hydrogen (secondary N) is 1. The molecule has 0 spiro atoms. The molecule has 3 aromatic rings. The number of benzene rings is 2. The van der Waals surface area contributed by atoms with Gasteiger partial charge in [-0.1, -0.05) is 26.7 Å². The molecular weight excluding hydrogens is 336 g/mol. The van der Waals surface area contributed by atoms with Crippen molar-refractivity contribution in [3.63, 3.8) is 0 Å². The molecule has 0 aliphatic carbocycles. The van der Waals surface area contributed by atoms with Crippen molar-refractivity contribution in [2.24, 2.45) is 0 Å². The van der Waals surface area contributed by atoms with Gasteiger partial charge in [0.15, 0.2) is 0 Å². The Bertz CT molecular complexity index is 920. The Hall–Kier alpha value is -2.93. The summed E-state index contributed by atoms with van der Waals surface area (Å²) in [7, 11) is 0. The van der Waals surface area contributed by atoms with Crippen LogP contribution in [-0.4, -0.2) is 18.2 Å². The highest BCUT2D eigenvalue weighted by Crippen LogP contribution is 2.32. The van der Waals surface area contributed by atoms with E-state index in [1.54, 1.807) is 0 Å². The lowest BCUT2D eigenvalue weighted by molar-refractivity contribution is 0.309. The third-order valence-electron chi connectivity index (χ3n) is 4.56. The summed E-state index contributed by atoms with van der Waals surface area (Å²) in [6.45, 7) is 5.71. The standard InChI is InChI=1S/C23H26N2O2/c1-3-5-13-26-18-9-7-17(8-10-18)23-21(16-24)20-15-19(27-14-6-4-2)11-12-22(20)25-23/h7-12,15,25H,3-6,13-14H2,1-2H3. The molecule has 0 bridgehead atoms. The van der Waals surface area contributed by atoms with Crippen LogP contribution in [0, 0.1) is 11.3 Å². The van der Waals surface area contributed by atoms with Crippen molar-refractivity contribution in [1.29, 1.82) is 5.26 Å². The van der Waals surface area contributed by atoms with E-state index in [0.717, 1.165) is 65.9 Å². The van der Waals surface area contributed by atoms with Crippen molar-refractivity contribution in [3.05, 3.63) is 48.0 Å². The number of nitrogens with zero attached hydrogens (tertiary/aromatic N) is 1. The second-order valence-corrected chi connectivity index (χ2v) is 6.62. The molecule has 0 fully saturated rings. The van der Waals surface area contributed by atoms with Gasteiger partial charge in [0.25, 0.3) is 0 Å². The lowest BCUT2D eigenvalue weighted by atomic mass is 10.1. The van der Waals surface area contributed by atoms with Gasteiger partial charge in [0, 0.05) is 10.9 Å². The molecule has 2 aromatic carbocycles. The zero-order chi connectivity index (χ0) is 19.1. The van der Waals surface area contributed by atoms with Gasteiger partial charge >= 0.3 is 0 Å². The topological polar surface area (TPSA) is 58.0 Å². The number of H-pyrrole nitrogens is 1. The molecule has 27 heavy (non-hydrogen) atoms. The SMILES string of the molecule is CCCCOc1ccc(-c2[nH]c3ccc(OCCCC)cc3c2C#N)cc1. The van der Waals surface area contributed by atoms with Crippen LogP contribution in [0.3, 0.4) is 0 Å². The predicted molar refractivity (Wildman–Crippen MR) is 109 cm³/mol. The number of hydrogen-bond donors (Lipinski definition) is 1. The summed E-state index contributed by atoms with van der Waals surface area (Å²) in [6.07, 6.45) is 4.28. The predicted octanol–water partition coefficient (Wildman–Crippen LogP) is 6.06. The number of ether oxygens (including phenoxy) is 2. The summed E-state index contributed by atoms with van der Waals surface area (Å²) in [5.74, 6) is 1.66. The Morgan fingerprint density at radius 1 is 0.889 bits per heavy atom. The van der Waals surface area contributed by atoms with Crippen LogP contribution in [0.15, 0.2) is 42.5 Å². The molecule has 0 unspecified atom stereocenters. The fourth-order valence-electron chi connectivity index (χ4n) is 2.98. The fraction of sp³-hybridized carbons (Fsp3) is 0.348.